The molecule has 0 saturated heterocycles. The Bertz CT molecular complexity index is 1140. The van der Waals surface area contributed by atoms with Crippen molar-refractivity contribution in [2.24, 2.45) is 0 Å². The van der Waals surface area contributed by atoms with E-state index in [2.05, 4.69) is 5.16 Å². The van der Waals surface area contributed by atoms with E-state index in [1.807, 2.05) is 36.4 Å². The fourth-order valence-corrected chi connectivity index (χ4v) is 3.78. The third-order valence-corrected chi connectivity index (χ3v) is 5.03. The van der Waals surface area contributed by atoms with E-state index < -0.39 is 10.1 Å². The van der Waals surface area contributed by atoms with E-state index in [1.165, 1.54) is 6.07 Å². The van der Waals surface area contributed by atoms with Crippen LogP contribution in [0.5, 0.6) is 5.75 Å². The Morgan fingerprint density at radius 3 is 2.31 bits per heavy atom. The van der Waals surface area contributed by atoms with Crippen molar-refractivity contribution in [3.05, 3.63) is 84.4 Å². The summed E-state index contributed by atoms with van der Waals surface area (Å²) >= 11 is 0. The molecule has 0 saturated carbocycles. The maximum atomic E-state index is 12.3. The lowest BCUT2D eigenvalue weighted by Crippen LogP contribution is -2.11. The van der Waals surface area contributed by atoms with Gasteiger partial charge in [0.05, 0.1) is 0 Å². The molecule has 0 aliphatic rings. The van der Waals surface area contributed by atoms with Crippen molar-refractivity contribution in [1.29, 1.82) is 0 Å². The van der Waals surface area contributed by atoms with E-state index in [4.69, 9.17) is 8.71 Å². The van der Waals surface area contributed by atoms with Crippen molar-refractivity contribution in [1.82, 2.24) is 5.16 Å². The number of benzene rings is 3. The average molecular weight is 365 g/mol. The monoisotopic (exact) mass is 365 g/mol. The van der Waals surface area contributed by atoms with Crippen molar-refractivity contribution in [2.75, 3.05) is 0 Å². The summed E-state index contributed by atoms with van der Waals surface area (Å²) in [4.78, 5) is 0. The summed E-state index contributed by atoms with van der Waals surface area (Å²) in [5.41, 5.74) is 2.77. The SMILES string of the molecule is O=S(=O)(Cc1ccccc1)Oc1ccc2c(-c3ccccc3)noc2c1. The second-order valence-electron chi connectivity index (χ2n) is 5.83. The smallest absolute Gasteiger partial charge is 0.313 e. The van der Waals surface area contributed by atoms with Crippen molar-refractivity contribution < 1.29 is 17.1 Å². The van der Waals surface area contributed by atoms with Gasteiger partial charge in [-0.25, -0.2) is 0 Å². The summed E-state index contributed by atoms with van der Waals surface area (Å²) < 4.78 is 35.1. The molecule has 0 unspecified atom stereocenters. The largest absolute Gasteiger partial charge is 0.382 e. The van der Waals surface area contributed by atoms with Crippen LogP contribution in [-0.2, 0) is 15.9 Å². The quantitative estimate of drug-likeness (QED) is 0.490. The van der Waals surface area contributed by atoms with Crippen LogP contribution in [0.3, 0.4) is 0 Å². The minimum Gasteiger partial charge on any atom is -0.382 e. The van der Waals surface area contributed by atoms with Gasteiger partial charge in [-0.15, -0.1) is 0 Å². The van der Waals surface area contributed by atoms with Crippen LogP contribution in [-0.4, -0.2) is 13.6 Å². The highest BCUT2D eigenvalue weighted by molar-refractivity contribution is 7.86. The molecular formula is C20H15NO4S. The van der Waals surface area contributed by atoms with Gasteiger partial charge in [0, 0.05) is 17.0 Å². The lowest BCUT2D eigenvalue weighted by molar-refractivity contribution is 0.456. The Morgan fingerprint density at radius 2 is 1.58 bits per heavy atom. The van der Waals surface area contributed by atoms with Gasteiger partial charge in [0.1, 0.15) is 17.2 Å². The summed E-state index contributed by atoms with van der Waals surface area (Å²) in [7, 11) is -3.76. The van der Waals surface area contributed by atoms with Gasteiger partial charge >= 0.3 is 10.1 Å². The molecule has 1 aromatic heterocycles. The molecule has 0 spiro atoms. The first-order chi connectivity index (χ1) is 12.6. The number of nitrogens with zero attached hydrogens (tertiary/aromatic N) is 1. The first kappa shape index (κ1) is 16.4. The molecule has 5 nitrogen and oxygen atoms in total. The van der Waals surface area contributed by atoms with Gasteiger partial charge < -0.3 is 8.71 Å². The minimum atomic E-state index is -3.76. The highest BCUT2D eigenvalue weighted by Crippen LogP contribution is 2.30. The molecule has 0 radical (unpaired) electrons. The number of hydrogen-bond donors (Lipinski definition) is 0. The zero-order valence-corrected chi connectivity index (χ0v) is 14.5. The van der Waals surface area contributed by atoms with E-state index in [1.54, 1.807) is 36.4 Å². The predicted molar refractivity (Wildman–Crippen MR) is 99.1 cm³/mol. The highest BCUT2D eigenvalue weighted by Gasteiger charge is 2.16. The number of fused-ring (bicyclic) bond motifs is 1. The first-order valence-electron chi connectivity index (χ1n) is 8.02. The van der Waals surface area contributed by atoms with Gasteiger partial charge in [-0.05, 0) is 17.7 Å². The van der Waals surface area contributed by atoms with Gasteiger partial charge in [-0.1, -0.05) is 65.8 Å². The molecule has 4 rings (SSSR count). The van der Waals surface area contributed by atoms with E-state index in [9.17, 15) is 8.42 Å². The van der Waals surface area contributed by atoms with Crippen LogP contribution in [0.4, 0.5) is 0 Å². The van der Waals surface area contributed by atoms with Gasteiger partial charge in [-0.3, -0.25) is 0 Å². The molecule has 0 fully saturated rings. The maximum absolute atomic E-state index is 12.3. The van der Waals surface area contributed by atoms with Crippen LogP contribution in [0, 0.1) is 0 Å². The van der Waals surface area contributed by atoms with Crippen molar-refractivity contribution in [3.63, 3.8) is 0 Å². The molecule has 0 aliphatic heterocycles. The van der Waals surface area contributed by atoms with Crippen LogP contribution >= 0.6 is 0 Å². The molecule has 0 aliphatic carbocycles. The second-order valence-corrected chi connectivity index (χ2v) is 7.40. The number of aromatic nitrogens is 1. The Balaban J connectivity index is 1.60. The van der Waals surface area contributed by atoms with Crippen molar-refractivity contribution in [3.8, 4) is 17.0 Å². The molecular weight excluding hydrogens is 350 g/mol. The molecule has 6 heteroatoms. The summed E-state index contributed by atoms with van der Waals surface area (Å²) in [5, 5.41) is 4.89. The fourth-order valence-electron chi connectivity index (χ4n) is 2.73. The van der Waals surface area contributed by atoms with Crippen molar-refractivity contribution in [2.45, 2.75) is 5.75 Å². The summed E-state index contributed by atoms with van der Waals surface area (Å²) in [6.45, 7) is 0. The van der Waals surface area contributed by atoms with E-state index in [0.29, 0.717) is 16.8 Å². The standard InChI is InChI=1S/C20H15NO4S/c22-26(23,14-15-7-3-1-4-8-15)25-17-11-12-18-19(13-17)24-21-20(18)16-9-5-2-6-10-16/h1-13H,14H2. The molecule has 26 heavy (non-hydrogen) atoms. The fraction of sp³-hybridized carbons (Fsp3) is 0.0500. The van der Waals surface area contributed by atoms with Crippen molar-refractivity contribution >= 4 is 21.1 Å². The molecule has 0 bridgehead atoms. The third-order valence-electron chi connectivity index (χ3n) is 3.90. The summed E-state index contributed by atoms with van der Waals surface area (Å²) in [5.74, 6) is 0.00145. The van der Waals surface area contributed by atoms with Gasteiger partial charge in [0.2, 0.25) is 0 Å². The predicted octanol–water partition coefficient (Wildman–Crippen LogP) is 4.40. The molecule has 0 amide bonds. The molecule has 130 valence electrons. The average Bonchev–Trinajstić information content (AvgIpc) is 3.05. The van der Waals surface area contributed by atoms with Gasteiger partial charge in [-0.2, -0.15) is 8.42 Å². The highest BCUT2D eigenvalue weighted by atomic mass is 32.2. The van der Waals surface area contributed by atoms with Gasteiger partial charge in [0.15, 0.2) is 5.58 Å². The van der Waals surface area contributed by atoms with Crippen LogP contribution in [0.2, 0.25) is 0 Å². The summed E-state index contributed by atoms with van der Waals surface area (Å²) in [6.07, 6.45) is 0. The summed E-state index contributed by atoms with van der Waals surface area (Å²) in [6, 6.07) is 23.4. The Kier molecular flexibility index (Phi) is 4.18. The van der Waals surface area contributed by atoms with E-state index in [-0.39, 0.29) is 11.5 Å². The first-order valence-corrected chi connectivity index (χ1v) is 9.59. The zero-order chi connectivity index (χ0) is 18.0. The maximum Gasteiger partial charge on any atom is 0.313 e. The van der Waals surface area contributed by atoms with Crippen LogP contribution in [0.25, 0.3) is 22.2 Å². The normalized spacial score (nSPS) is 11.5. The lowest BCUT2D eigenvalue weighted by Gasteiger charge is -2.07. The number of hydrogen-bond acceptors (Lipinski definition) is 5. The molecule has 3 aromatic carbocycles. The van der Waals surface area contributed by atoms with E-state index in [0.717, 1.165) is 10.9 Å². The lowest BCUT2D eigenvalue weighted by atomic mass is 10.1. The van der Waals surface area contributed by atoms with Crippen LogP contribution < -0.4 is 4.18 Å². The molecule has 1 heterocycles. The Morgan fingerprint density at radius 1 is 0.885 bits per heavy atom. The zero-order valence-electron chi connectivity index (χ0n) is 13.7. The van der Waals surface area contributed by atoms with Crippen LogP contribution in [0.15, 0.2) is 83.4 Å². The number of rotatable bonds is 5. The topological polar surface area (TPSA) is 69.4 Å². The molecule has 4 aromatic rings. The van der Waals surface area contributed by atoms with Crippen LogP contribution in [0.1, 0.15) is 5.56 Å². The minimum absolute atomic E-state index is 0.197. The Hall–Kier alpha value is -3.12. The second kappa shape index (κ2) is 6.65. The van der Waals surface area contributed by atoms with E-state index >= 15 is 0 Å². The molecule has 0 atom stereocenters. The third kappa shape index (κ3) is 3.45. The van der Waals surface area contributed by atoms with Gasteiger partial charge in [0.25, 0.3) is 0 Å². The molecule has 0 N–H and O–H groups in total. The Labute approximate surface area is 151 Å².